The lowest BCUT2D eigenvalue weighted by atomic mass is 9.95. The van der Waals surface area contributed by atoms with Crippen molar-refractivity contribution in [3.05, 3.63) is 11.6 Å². The van der Waals surface area contributed by atoms with Crippen LogP contribution >= 0.6 is 0 Å². The molecule has 0 bridgehead atoms. The monoisotopic (exact) mass is 304 g/mol. The van der Waals surface area contributed by atoms with E-state index in [1.54, 1.807) is 0 Å². The Morgan fingerprint density at radius 1 is 1.27 bits per heavy atom. The maximum absolute atomic E-state index is 12.4. The lowest BCUT2D eigenvalue weighted by Gasteiger charge is -2.31. The second-order valence-electron chi connectivity index (χ2n) is 6.67. The molecule has 120 valence electrons. The highest BCUT2D eigenvalue weighted by Gasteiger charge is 2.46. The van der Waals surface area contributed by atoms with Crippen molar-refractivity contribution in [1.29, 1.82) is 0 Å². The lowest BCUT2D eigenvalue weighted by molar-refractivity contribution is -0.134. The molecule has 1 saturated heterocycles. The standard InChI is InChI=1S/C16H24N4O2/c1-2-22-13-10-12(13)16(21)19-8-5-11(6-9-19)15-18-17-14-4-3-7-20(14)15/h11-13H,2-10H2,1H3/t12-,13+/m0/s1. The quantitative estimate of drug-likeness (QED) is 0.842. The molecule has 1 aromatic heterocycles. The third-order valence-corrected chi connectivity index (χ3v) is 5.24. The minimum atomic E-state index is 0.119. The van der Waals surface area contributed by atoms with Crippen molar-refractivity contribution >= 4 is 5.91 Å². The van der Waals surface area contributed by atoms with Crippen molar-refractivity contribution in [2.24, 2.45) is 5.92 Å². The zero-order chi connectivity index (χ0) is 15.1. The summed E-state index contributed by atoms with van der Waals surface area (Å²) < 4.78 is 7.84. The predicted molar refractivity (Wildman–Crippen MR) is 80.4 cm³/mol. The van der Waals surface area contributed by atoms with Crippen LogP contribution in [0.5, 0.6) is 0 Å². The van der Waals surface area contributed by atoms with Gasteiger partial charge < -0.3 is 14.2 Å². The number of nitrogens with zero attached hydrogens (tertiary/aromatic N) is 4. The van der Waals surface area contributed by atoms with Gasteiger partial charge in [0, 0.05) is 38.6 Å². The second-order valence-corrected chi connectivity index (χ2v) is 6.67. The smallest absolute Gasteiger partial charge is 0.228 e. The van der Waals surface area contributed by atoms with Gasteiger partial charge in [-0.25, -0.2) is 0 Å². The number of aryl methyl sites for hydroxylation is 1. The molecule has 1 aliphatic carbocycles. The molecule has 22 heavy (non-hydrogen) atoms. The van der Waals surface area contributed by atoms with Crippen LogP contribution in [0.15, 0.2) is 0 Å². The maximum Gasteiger partial charge on any atom is 0.228 e. The summed E-state index contributed by atoms with van der Waals surface area (Å²) in [5, 5.41) is 8.72. The molecular weight excluding hydrogens is 280 g/mol. The number of carbonyl (C=O) groups excluding carboxylic acids is 1. The molecule has 4 rings (SSSR count). The molecule has 0 N–H and O–H groups in total. The summed E-state index contributed by atoms with van der Waals surface area (Å²) in [7, 11) is 0. The van der Waals surface area contributed by atoms with E-state index in [1.807, 2.05) is 11.8 Å². The number of fused-ring (bicyclic) bond motifs is 1. The number of amides is 1. The summed E-state index contributed by atoms with van der Waals surface area (Å²) in [6.07, 6.45) is 5.35. The first kappa shape index (κ1) is 14.2. The Kier molecular flexibility index (Phi) is 3.64. The van der Waals surface area contributed by atoms with Crippen molar-refractivity contribution < 1.29 is 9.53 Å². The molecule has 2 aliphatic heterocycles. The van der Waals surface area contributed by atoms with Gasteiger partial charge in [-0.1, -0.05) is 0 Å². The molecule has 1 saturated carbocycles. The van der Waals surface area contributed by atoms with Gasteiger partial charge >= 0.3 is 0 Å². The number of ether oxygens (including phenoxy) is 1. The topological polar surface area (TPSA) is 60.2 Å². The summed E-state index contributed by atoms with van der Waals surface area (Å²) >= 11 is 0. The van der Waals surface area contributed by atoms with Gasteiger partial charge in [-0.15, -0.1) is 10.2 Å². The molecule has 0 aromatic carbocycles. The first-order valence-electron chi connectivity index (χ1n) is 8.60. The molecule has 0 spiro atoms. The van der Waals surface area contributed by atoms with Crippen molar-refractivity contribution in [3.8, 4) is 0 Å². The molecular formula is C16H24N4O2. The number of hydrogen-bond acceptors (Lipinski definition) is 4. The van der Waals surface area contributed by atoms with Crippen LogP contribution in [0.2, 0.25) is 0 Å². The van der Waals surface area contributed by atoms with E-state index in [0.717, 1.165) is 57.0 Å². The number of hydrogen-bond donors (Lipinski definition) is 0. The minimum absolute atomic E-state index is 0.119. The van der Waals surface area contributed by atoms with Crippen molar-refractivity contribution in [1.82, 2.24) is 19.7 Å². The molecule has 1 aromatic rings. The van der Waals surface area contributed by atoms with Gasteiger partial charge in [0.15, 0.2) is 0 Å². The summed E-state index contributed by atoms with van der Waals surface area (Å²) in [5.41, 5.74) is 0. The molecule has 0 radical (unpaired) electrons. The first-order valence-corrected chi connectivity index (χ1v) is 8.60. The number of piperidine rings is 1. The van der Waals surface area contributed by atoms with Crippen molar-refractivity contribution in [2.45, 2.75) is 57.6 Å². The highest BCUT2D eigenvalue weighted by molar-refractivity contribution is 5.82. The number of carbonyl (C=O) groups is 1. The molecule has 2 fully saturated rings. The Balaban J connectivity index is 1.34. The summed E-state index contributed by atoms with van der Waals surface area (Å²) in [6.45, 7) is 5.45. The molecule has 1 amide bonds. The van der Waals surface area contributed by atoms with E-state index >= 15 is 0 Å². The largest absolute Gasteiger partial charge is 0.378 e. The fraction of sp³-hybridized carbons (Fsp3) is 0.812. The van der Waals surface area contributed by atoms with Gasteiger partial charge in [0.05, 0.1) is 12.0 Å². The van der Waals surface area contributed by atoms with Crippen LogP contribution in [0.1, 0.15) is 50.2 Å². The van der Waals surface area contributed by atoms with Gasteiger partial charge in [-0.05, 0) is 32.6 Å². The normalized spacial score (nSPS) is 28.0. The Bertz CT molecular complexity index is 562. The molecule has 2 atom stereocenters. The van der Waals surface area contributed by atoms with Gasteiger partial charge in [0.1, 0.15) is 11.6 Å². The predicted octanol–water partition coefficient (Wildman–Crippen LogP) is 1.36. The Labute approximate surface area is 130 Å². The van der Waals surface area contributed by atoms with Gasteiger partial charge in [-0.2, -0.15) is 0 Å². The van der Waals surface area contributed by atoms with E-state index in [9.17, 15) is 4.79 Å². The van der Waals surface area contributed by atoms with Gasteiger partial charge in [0.25, 0.3) is 0 Å². The van der Waals surface area contributed by atoms with Crippen LogP contribution in [0.25, 0.3) is 0 Å². The Morgan fingerprint density at radius 3 is 2.86 bits per heavy atom. The molecule has 3 heterocycles. The van der Waals surface area contributed by atoms with Gasteiger partial charge in [0.2, 0.25) is 5.91 Å². The maximum atomic E-state index is 12.4. The fourth-order valence-electron chi connectivity index (χ4n) is 3.90. The Morgan fingerprint density at radius 2 is 2.09 bits per heavy atom. The number of likely N-dealkylation sites (tertiary alicyclic amines) is 1. The van der Waals surface area contributed by atoms with Crippen LogP contribution in [-0.2, 0) is 22.5 Å². The van der Waals surface area contributed by atoms with Gasteiger partial charge in [-0.3, -0.25) is 4.79 Å². The van der Waals surface area contributed by atoms with E-state index in [4.69, 9.17) is 4.74 Å². The molecule has 0 unspecified atom stereocenters. The summed E-state index contributed by atoms with van der Waals surface area (Å²) in [4.78, 5) is 14.5. The summed E-state index contributed by atoms with van der Waals surface area (Å²) in [6, 6.07) is 0. The molecule has 6 heteroatoms. The van der Waals surface area contributed by atoms with Crippen molar-refractivity contribution in [3.63, 3.8) is 0 Å². The number of rotatable bonds is 4. The zero-order valence-electron chi connectivity index (χ0n) is 13.2. The highest BCUT2D eigenvalue weighted by atomic mass is 16.5. The lowest BCUT2D eigenvalue weighted by Crippen LogP contribution is -2.39. The SMILES string of the molecule is CCO[C@@H]1C[C@@H]1C(=O)N1CCC(c2nnc3n2CCC3)CC1. The molecule has 3 aliphatic rings. The average Bonchev–Trinajstić information content (AvgIpc) is 2.96. The minimum Gasteiger partial charge on any atom is -0.378 e. The number of aromatic nitrogens is 3. The fourth-order valence-corrected chi connectivity index (χ4v) is 3.90. The third kappa shape index (κ3) is 2.43. The molecule has 6 nitrogen and oxygen atoms in total. The van der Waals surface area contributed by atoms with E-state index in [0.29, 0.717) is 18.4 Å². The summed E-state index contributed by atoms with van der Waals surface area (Å²) in [5.74, 6) is 3.17. The second kappa shape index (κ2) is 5.65. The van der Waals surface area contributed by atoms with Crippen LogP contribution < -0.4 is 0 Å². The van der Waals surface area contributed by atoms with Crippen LogP contribution in [0.4, 0.5) is 0 Å². The van der Waals surface area contributed by atoms with E-state index in [2.05, 4.69) is 14.8 Å². The third-order valence-electron chi connectivity index (χ3n) is 5.24. The van der Waals surface area contributed by atoms with Crippen LogP contribution in [-0.4, -0.2) is 51.4 Å². The average molecular weight is 304 g/mol. The zero-order valence-corrected chi connectivity index (χ0v) is 13.2. The van der Waals surface area contributed by atoms with Crippen LogP contribution in [0.3, 0.4) is 0 Å². The van der Waals surface area contributed by atoms with E-state index < -0.39 is 0 Å². The van der Waals surface area contributed by atoms with E-state index in [1.165, 1.54) is 6.42 Å². The first-order chi connectivity index (χ1) is 10.8. The Hall–Kier alpha value is -1.43. The van der Waals surface area contributed by atoms with Crippen molar-refractivity contribution in [2.75, 3.05) is 19.7 Å². The van der Waals surface area contributed by atoms with E-state index in [-0.39, 0.29) is 12.0 Å². The highest BCUT2D eigenvalue weighted by Crippen LogP contribution is 2.37. The van der Waals surface area contributed by atoms with Crippen LogP contribution in [0, 0.1) is 5.92 Å².